The molecule has 5 rings (SSSR count). The van der Waals surface area contributed by atoms with E-state index in [-0.39, 0.29) is 11.3 Å². The van der Waals surface area contributed by atoms with Crippen LogP contribution in [0.1, 0.15) is 43.5 Å². The molecule has 0 saturated heterocycles. The van der Waals surface area contributed by atoms with Gasteiger partial charge >= 0.3 is 0 Å². The summed E-state index contributed by atoms with van der Waals surface area (Å²) >= 11 is 1.35. The number of anilines is 1. The zero-order valence-electron chi connectivity index (χ0n) is 11.5. The fourth-order valence-corrected chi connectivity index (χ4v) is 5.62. The van der Waals surface area contributed by atoms with E-state index in [1.807, 2.05) is 0 Å². The van der Waals surface area contributed by atoms with Gasteiger partial charge in [-0.05, 0) is 56.3 Å². The Labute approximate surface area is 122 Å². The topological polar surface area (TPSA) is 80.9 Å². The molecule has 108 valence electrons. The third-order valence-electron chi connectivity index (χ3n) is 5.40. The van der Waals surface area contributed by atoms with Crippen molar-refractivity contribution in [3.63, 3.8) is 0 Å². The third kappa shape index (κ3) is 2.01. The minimum Gasteiger partial charge on any atom is -0.374 e. The molecule has 3 N–H and O–H groups in total. The number of hydrogen-bond acceptors (Lipinski definition) is 5. The minimum absolute atomic E-state index is 0.0784. The van der Waals surface area contributed by atoms with Gasteiger partial charge in [-0.25, -0.2) is 0 Å². The van der Waals surface area contributed by atoms with E-state index < -0.39 is 0 Å². The number of nitrogens with one attached hydrogen (secondary N) is 1. The Morgan fingerprint density at radius 3 is 2.30 bits per heavy atom. The van der Waals surface area contributed by atoms with Crippen molar-refractivity contribution in [1.82, 2.24) is 15.5 Å². The van der Waals surface area contributed by atoms with Gasteiger partial charge in [0.25, 0.3) is 0 Å². The van der Waals surface area contributed by atoms with Crippen LogP contribution >= 0.6 is 11.3 Å². The summed E-state index contributed by atoms with van der Waals surface area (Å²) in [6.45, 7) is 0.468. The number of rotatable bonds is 3. The van der Waals surface area contributed by atoms with Crippen LogP contribution in [0.5, 0.6) is 0 Å². The van der Waals surface area contributed by atoms with Crippen molar-refractivity contribution >= 4 is 22.4 Å². The van der Waals surface area contributed by atoms with Gasteiger partial charge in [-0.15, -0.1) is 10.2 Å². The quantitative estimate of drug-likeness (QED) is 0.892. The highest BCUT2D eigenvalue weighted by Gasteiger charge is 2.54. The molecule has 0 aliphatic heterocycles. The SMILES string of the molecule is Nc1nnc(CNC(=O)C23CC4CC(CC(C4)C2)C3)s1. The van der Waals surface area contributed by atoms with Crippen LogP contribution in [-0.4, -0.2) is 16.1 Å². The normalized spacial score (nSPS) is 38.1. The van der Waals surface area contributed by atoms with Crippen LogP contribution in [0.4, 0.5) is 5.13 Å². The molecule has 0 atom stereocenters. The standard InChI is InChI=1S/C14H20N4OS/c15-13-18-17-11(20-13)7-16-12(19)14-4-8-1-9(5-14)3-10(2-8)6-14/h8-10H,1-7H2,(H2,15,18)(H,16,19). The lowest BCUT2D eigenvalue weighted by molar-refractivity contribution is -0.146. The first-order chi connectivity index (χ1) is 9.63. The molecule has 1 aromatic rings. The second kappa shape index (κ2) is 4.41. The van der Waals surface area contributed by atoms with Crippen molar-refractivity contribution in [2.24, 2.45) is 23.2 Å². The van der Waals surface area contributed by atoms with Crippen LogP contribution in [0, 0.1) is 23.2 Å². The summed E-state index contributed by atoms with van der Waals surface area (Å²) in [6.07, 6.45) is 7.38. The van der Waals surface area contributed by atoms with Gasteiger partial charge in [0.05, 0.1) is 6.54 Å². The highest BCUT2D eigenvalue weighted by molar-refractivity contribution is 7.15. The Morgan fingerprint density at radius 2 is 1.80 bits per heavy atom. The van der Waals surface area contributed by atoms with Crippen molar-refractivity contribution < 1.29 is 4.79 Å². The summed E-state index contributed by atoms with van der Waals surface area (Å²) < 4.78 is 0. The second-order valence-electron chi connectivity index (χ2n) is 6.91. The molecule has 4 saturated carbocycles. The summed E-state index contributed by atoms with van der Waals surface area (Å²) in [6, 6.07) is 0. The number of hydrogen-bond donors (Lipinski definition) is 2. The second-order valence-corrected chi connectivity index (χ2v) is 8.01. The van der Waals surface area contributed by atoms with Crippen molar-refractivity contribution in [3.05, 3.63) is 5.01 Å². The van der Waals surface area contributed by atoms with E-state index >= 15 is 0 Å². The van der Waals surface area contributed by atoms with Gasteiger partial charge in [-0.1, -0.05) is 11.3 Å². The van der Waals surface area contributed by atoms with E-state index in [9.17, 15) is 4.79 Å². The Kier molecular flexibility index (Phi) is 2.77. The molecule has 4 fully saturated rings. The van der Waals surface area contributed by atoms with Gasteiger partial charge < -0.3 is 11.1 Å². The van der Waals surface area contributed by atoms with Gasteiger partial charge in [-0.3, -0.25) is 4.79 Å². The summed E-state index contributed by atoms with van der Waals surface area (Å²) in [7, 11) is 0. The molecule has 20 heavy (non-hydrogen) atoms. The van der Waals surface area contributed by atoms with E-state index in [2.05, 4.69) is 15.5 Å². The lowest BCUT2D eigenvalue weighted by Gasteiger charge is -2.55. The zero-order chi connectivity index (χ0) is 13.7. The Morgan fingerprint density at radius 1 is 1.20 bits per heavy atom. The van der Waals surface area contributed by atoms with Crippen molar-refractivity contribution in [2.75, 3.05) is 5.73 Å². The van der Waals surface area contributed by atoms with E-state index in [0.29, 0.717) is 11.7 Å². The predicted molar refractivity (Wildman–Crippen MR) is 76.8 cm³/mol. The smallest absolute Gasteiger partial charge is 0.226 e. The number of carbonyl (C=O) groups is 1. The molecule has 4 aliphatic rings. The van der Waals surface area contributed by atoms with Crippen molar-refractivity contribution in [3.8, 4) is 0 Å². The lowest BCUT2D eigenvalue weighted by Crippen LogP contribution is -2.53. The number of nitrogens with two attached hydrogens (primary N) is 1. The highest BCUT2D eigenvalue weighted by atomic mass is 32.1. The molecule has 6 heteroatoms. The van der Waals surface area contributed by atoms with Gasteiger partial charge in [0, 0.05) is 5.41 Å². The Bertz CT molecular complexity index is 506. The molecular weight excluding hydrogens is 272 g/mol. The Balaban J connectivity index is 1.45. The van der Waals surface area contributed by atoms with Gasteiger partial charge in [0.15, 0.2) is 0 Å². The minimum atomic E-state index is -0.0784. The summed E-state index contributed by atoms with van der Waals surface area (Å²) in [5.74, 6) is 2.63. The van der Waals surface area contributed by atoms with Crippen LogP contribution in [0.25, 0.3) is 0 Å². The number of aromatic nitrogens is 2. The van der Waals surface area contributed by atoms with Crippen LogP contribution in [0.3, 0.4) is 0 Å². The van der Waals surface area contributed by atoms with Gasteiger partial charge in [0.1, 0.15) is 5.01 Å². The summed E-state index contributed by atoms with van der Waals surface area (Å²) in [5, 5.41) is 12.1. The Hall–Kier alpha value is -1.17. The molecule has 1 heterocycles. The van der Waals surface area contributed by atoms with Crippen molar-refractivity contribution in [2.45, 2.75) is 45.1 Å². The van der Waals surface area contributed by atoms with Gasteiger partial charge in [-0.2, -0.15) is 0 Å². The maximum Gasteiger partial charge on any atom is 0.226 e. The highest BCUT2D eigenvalue weighted by Crippen LogP contribution is 2.60. The van der Waals surface area contributed by atoms with Crippen LogP contribution in [0.15, 0.2) is 0 Å². The molecule has 0 spiro atoms. The molecule has 1 amide bonds. The summed E-state index contributed by atoms with van der Waals surface area (Å²) in [5.41, 5.74) is 5.49. The molecule has 0 unspecified atom stereocenters. The molecular formula is C14H20N4OS. The molecule has 4 bridgehead atoms. The average molecular weight is 292 g/mol. The zero-order valence-corrected chi connectivity index (χ0v) is 12.3. The van der Waals surface area contributed by atoms with Crippen LogP contribution in [0.2, 0.25) is 0 Å². The maximum absolute atomic E-state index is 12.7. The fourth-order valence-electron chi connectivity index (χ4n) is 5.07. The van der Waals surface area contributed by atoms with Gasteiger partial charge in [0.2, 0.25) is 11.0 Å². The largest absolute Gasteiger partial charge is 0.374 e. The molecule has 0 aromatic carbocycles. The third-order valence-corrected chi connectivity index (χ3v) is 6.15. The molecule has 5 nitrogen and oxygen atoms in total. The maximum atomic E-state index is 12.7. The molecule has 4 aliphatic carbocycles. The monoisotopic (exact) mass is 292 g/mol. The first-order valence-electron chi connectivity index (χ1n) is 7.49. The molecule has 1 aromatic heterocycles. The van der Waals surface area contributed by atoms with Crippen molar-refractivity contribution in [1.29, 1.82) is 0 Å². The van der Waals surface area contributed by atoms with E-state index in [1.165, 1.54) is 30.6 Å². The van der Waals surface area contributed by atoms with E-state index in [0.717, 1.165) is 42.0 Å². The lowest BCUT2D eigenvalue weighted by atomic mass is 9.49. The van der Waals surface area contributed by atoms with E-state index in [1.54, 1.807) is 0 Å². The average Bonchev–Trinajstić information content (AvgIpc) is 2.80. The predicted octanol–water partition coefficient (Wildman–Crippen LogP) is 1.95. The number of amides is 1. The van der Waals surface area contributed by atoms with Crippen LogP contribution in [-0.2, 0) is 11.3 Å². The summed E-state index contributed by atoms with van der Waals surface area (Å²) in [4.78, 5) is 12.7. The number of carbonyl (C=O) groups excluding carboxylic acids is 1. The molecule has 0 radical (unpaired) electrons. The fraction of sp³-hybridized carbons (Fsp3) is 0.786. The van der Waals surface area contributed by atoms with E-state index in [4.69, 9.17) is 5.73 Å². The number of nitrogen functional groups attached to an aromatic ring is 1. The first-order valence-corrected chi connectivity index (χ1v) is 8.31. The number of nitrogens with zero attached hydrogens (tertiary/aromatic N) is 2. The first kappa shape index (κ1) is 12.6. The van der Waals surface area contributed by atoms with Crippen LogP contribution < -0.4 is 11.1 Å².